The van der Waals surface area contributed by atoms with Crippen molar-refractivity contribution in [3.8, 4) is 5.75 Å². The number of hydrogen-bond donors (Lipinski definition) is 1. The number of ether oxygens (including phenoxy) is 1. The molecular weight excluding hydrogens is 377 g/mol. The Balaban J connectivity index is 1.22. The zero-order valence-electron chi connectivity index (χ0n) is 17.7. The maximum Gasteiger partial charge on any atom is 0.123 e. The van der Waals surface area contributed by atoms with Crippen molar-refractivity contribution in [3.63, 3.8) is 0 Å². The number of halogens is 1. The highest BCUT2D eigenvalue weighted by atomic mass is 19.1. The maximum atomic E-state index is 13.0. The third kappa shape index (κ3) is 4.96. The van der Waals surface area contributed by atoms with E-state index in [0.29, 0.717) is 12.5 Å². The summed E-state index contributed by atoms with van der Waals surface area (Å²) in [7, 11) is 0. The van der Waals surface area contributed by atoms with Gasteiger partial charge in [0, 0.05) is 18.8 Å². The summed E-state index contributed by atoms with van der Waals surface area (Å²) in [4.78, 5) is 4.84. The Bertz CT molecular complexity index is 859. The first-order valence-corrected chi connectivity index (χ1v) is 11.0. The summed E-state index contributed by atoms with van der Waals surface area (Å²) in [6.45, 7) is 9.16. The molecule has 4 rings (SSSR count). The number of rotatable bonds is 7. The van der Waals surface area contributed by atoms with Gasteiger partial charge in [0.2, 0.25) is 0 Å². The molecule has 2 aromatic carbocycles. The molecule has 0 radical (unpaired) electrons. The molecule has 0 aromatic heterocycles. The van der Waals surface area contributed by atoms with Gasteiger partial charge in [-0.15, -0.1) is 0 Å². The van der Waals surface area contributed by atoms with Gasteiger partial charge in [-0.1, -0.05) is 18.7 Å². The van der Waals surface area contributed by atoms with Gasteiger partial charge in [0.25, 0.3) is 0 Å². The van der Waals surface area contributed by atoms with Gasteiger partial charge in [-0.05, 0) is 87.0 Å². The quantitative estimate of drug-likeness (QED) is 0.664. The lowest BCUT2D eigenvalue weighted by Crippen LogP contribution is -2.40. The Hall–Kier alpha value is -2.53. The number of piperidine rings is 1. The molecule has 2 aromatic rings. The van der Waals surface area contributed by atoms with E-state index in [4.69, 9.17) is 10.5 Å². The average molecular weight is 410 g/mol. The SMILES string of the molecule is C=C(CN1CCC(CCOc2ccc(F)cc2)CC1)N1CCCc2cccc(N)c21. The van der Waals surface area contributed by atoms with Crippen LogP contribution >= 0.6 is 0 Å². The van der Waals surface area contributed by atoms with E-state index in [1.807, 2.05) is 12.1 Å². The van der Waals surface area contributed by atoms with E-state index in [1.165, 1.54) is 36.2 Å². The molecular formula is C25H32FN3O. The third-order valence-corrected chi connectivity index (χ3v) is 6.35. The van der Waals surface area contributed by atoms with Crippen LogP contribution < -0.4 is 15.4 Å². The van der Waals surface area contributed by atoms with Crippen molar-refractivity contribution in [3.05, 3.63) is 66.1 Å². The van der Waals surface area contributed by atoms with Crippen LogP contribution in [0.15, 0.2) is 54.7 Å². The van der Waals surface area contributed by atoms with Crippen LogP contribution in [0.2, 0.25) is 0 Å². The first-order valence-electron chi connectivity index (χ1n) is 11.0. The normalized spacial score (nSPS) is 17.6. The Morgan fingerprint density at radius 2 is 1.87 bits per heavy atom. The molecule has 4 nitrogen and oxygen atoms in total. The van der Waals surface area contributed by atoms with Crippen LogP contribution in [-0.4, -0.2) is 37.7 Å². The molecule has 2 aliphatic rings. The maximum absolute atomic E-state index is 13.0. The van der Waals surface area contributed by atoms with Gasteiger partial charge in [-0.25, -0.2) is 4.39 Å². The van der Waals surface area contributed by atoms with E-state index >= 15 is 0 Å². The molecule has 5 heteroatoms. The highest BCUT2D eigenvalue weighted by molar-refractivity contribution is 5.74. The average Bonchev–Trinajstić information content (AvgIpc) is 2.76. The van der Waals surface area contributed by atoms with Crippen molar-refractivity contribution in [1.29, 1.82) is 0 Å². The van der Waals surface area contributed by atoms with Crippen LogP contribution in [0.1, 0.15) is 31.2 Å². The van der Waals surface area contributed by atoms with Gasteiger partial charge in [0.15, 0.2) is 0 Å². The monoisotopic (exact) mass is 409 g/mol. The molecule has 0 atom stereocenters. The van der Waals surface area contributed by atoms with Crippen molar-refractivity contribution in [1.82, 2.24) is 4.90 Å². The van der Waals surface area contributed by atoms with Crippen molar-refractivity contribution in [2.24, 2.45) is 5.92 Å². The van der Waals surface area contributed by atoms with Gasteiger partial charge < -0.3 is 15.4 Å². The summed E-state index contributed by atoms with van der Waals surface area (Å²) in [5.41, 5.74) is 10.8. The van der Waals surface area contributed by atoms with Crippen LogP contribution in [0.4, 0.5) is 15.8 Å². The van der Waals surface area contributed by atoms with Crippen LogP contribution in [0.5, 0.6) is 5.75 Å². The fraction of sp³-hybridized carbons (Fsp3) is 0.440. The van der Waals surface area contributed by atoms with Crippen LogP contribution in [0.25, 0.3) is 0 Å². The molecule has 0 bridgehead atoms. The molecule has 0 saturated carbocycles. The summed E-state index contributed by atoms with van der Waals surface area (Å²) in [5.74, 6) is 1.19. The van der Waals surface area contributed by atoms with Crippen molar-refractivity contribution in [2.45, 2.75) is 32.1 Å². The second-order valence-electron chi connectivity index (χ2n) is 8.49. The van der Waals surface area contributed by atoms with Gasteiger partial charge in [-0.2, -0.15) is 0 Å². The number of nitrogen functional groups attached to an aromatic ring is 1. The molecule has 0 spiro atoms. The Labute approximate surface area is 179 Å². The first-order chi connectivity index (χ1) is 14.6. The standard InChI is InChI=1S/C25H32FN3O/c1-19(29-14-3-5-21-4-2-6-24(27)25(21)29)18-28-15-11-20(12-16-28)13-17-30-23-9-7-22(26)8-10-23/h2,4,6-10,20H,1,3,5,11-18,27H2. The second kappa shape index (κ2) is 9.52. The highest BCUT2D eigenvalue weighted by Gasteiger charge is 2.24. The van der Waals surface area contributed by atoms with E-state index < -0.39 is 0 Å². The largest absolute Gasteiger partial charge is 0.494 e. The van der Waals surface area contributed by atoms with Gasteiger partial charge in [0.05, 0.1) is 18.0 Å². The topological polar surface area (TPSA) is 41.7 Å². The summed E-state index contributed by atoms with van der Waals surface area (Å²) in [6, 6.07) is 12.5. The number of anilines is 2. The number of para-hydroxylation sites is 1. The Morgan fingerprint density at radius 1 is 1.10 bits per heavy atom. The molecule has 0 aliphatic carbocycles. The smallest absolute Gasteiger partial charge is 0.123 e. The molecule has 1 fully saturated rings. The van der Waals surface area contributed by atoms with Crippen LogP contribution in [0.3, 0.4) is 0 Å². The third-order valence-electron chi connectivity index (χ3n) is 6.35. The number of hydrogen-bond acceptors (Lipinski definition) is 4. The molecule has 0 unspecified atom stereocenters. The van der Waals surface area contributed by atoms with E-state index in [2.05, 4.69) is 22.4 Å². The van der Waals surface area contributed by atoms with Crippen molar-refractivity contribution < 1.29 is 9.13 Å². The van der Waals surface area contributed by atoms with Crippen molar-refractivity contribution >= 4 is 11.4 Å². The summed E-state index contributed by atoms with van der Waals surface area (Å²) >= 11 is 0. The zero-order valence-corrected chi connectivity index (χ0v) is 17.7. The number of aryl methyl sites for hydroxylation is 1. The molecule has 0 amide bonds. The Morgan fingerprint density at radius 3 is 2.63 bits per heavy atom. The highest BCUT2D eigenvalue weighted by Crippen LogP contribution is 2.35. The lowest BCUT2D eigenvalue weighted by molar-refractivity contribution is 0.172. The van der Waals surface area contributed by atoms with Crippen LogP contribution in [0, 0.1) is 11.7 Å². The van der Waals surface area contributed by atoms with E-state index in [-0.39, 0.29) is 5.82 Å². The molecule has 2 N–H and O–H groups in total. The van der Waals surface area contributed by atoms with Gasteiger partial charge in [0.1, 0.15) is 11.6 Å². The van der Waals surface area contributed by atoms with Crippen molar-refractivity contribution in [2.75, 3.05) is 43.4 Å². The van der Waals surface area contributed by atoms with E-state index in [0.717, 1.165) is 62.6 Å². The van der Waals surface area contributed by atoms with E-state index in [1.54, 1.807) is 12.1 Å². The van der Waals surface area contributed by atoms with Gasteiger partial charge in [-0.3, -0.25) is 4.90 Å². The number of nitrogens with two attached hydrogens (primary N) is 1. The van der Waals surface area contributed by atoms with Gasteiger partial charge >= 0.3 is 0 Å². The summed E-state index contributed by atoms with van der Waals surface area (Å²) < 4.78 is 18.7. The van der Waals surface area contributed by atoms with Crippen LogP contribution in [-0.2, 0) is 6.42 Å². The molecule has 30 heavy (non-hydrogen) atoms. The molecule has 1 saturated heterocycles. The summed E-state index contributed by atoms with van der Waals surface area (Å²) in [6.07, 6.45) is 5.64. The first kappa shape index (κ1) is 20.7. The predicted molar refractivity (Wildman–Crippen MR) is 121 cm³/mol. The minimum absolute atomic E-state index is 0.230. The summed E-state index contributed by atoms with van der Waals surface area (Å²) in [5, 5.41) is 0. The minimum atomic E-state index is -0.230. The number of benzene rings is 2. The lowest BCUT2D eigenvalue weighted by Gasteiger charge is -2.38. The fourth-order valence-corrected chi connectivity index (χ4v) is 4.65. The number of likely N-dealkylation sites (tertiary alicyclic amines) is 1. The molecule has 2 aliphatic heterocycles. The van der Waals surface area contributed by atoms with E-state index in [9.17, 15) is 4.39 Å². The molecule has 160 valence electrons. The second-order valence-corrected chi connectivity index (χ2v) is 8.49. The molecule has 2 heterocycles. The predicted octanol–water partition coefficient (Wildman–Crippen LogP) is 4.86. The number of nitrogens with zero attached hydrogens (tertiary/aromatic N) is 2. The minimum Gasteiger partial charge on any atom is -0.494 e. The Kier molecular flexibility index (Phi) is 6.58. The lowest BCUT2D eigenvalue weighted by atomic mass is 9.93. The fourth-order valence-electron chi connectivity index (χ4n) is 4.65. The zero-order chi connectivity index (χ0) is 20.9. The number of fused-ring (bicyclic) bond motifs is 1.